The molecule has 0 aliphatic heterocycles. The van der Waals surface area contributed by atoms with Crippen LogP contribution in [0.3, 0.4) is 0 Å². The number of aryl methyl sites for hydroxylation is 1. The second kappa shape index (κ2) is 8.75. The Labute approximate surface area is 183 Å². The third-order valence-corrected chi connectivity index (χ3v) is 5.50. The molecular formula is C23H22BrN3O3. The van der Waals surface area contributed by atoms with Crippen LogP contribution in [0.4, 0.5) is 0 Å². The van der Waals surface area contributed by atoms with E-state index in [0.29, 0.717) is 12.3 Å². The fourth-order valence-corrected chi connectivity index (χ4v) is 3.67. The molecule has 2 heterocycles. The number of furan rings is 1. The molecular weight excluding hydrogens is 446 g/mol. The van der Waals surface area contributed by atoms with Crippen molar-refractivity contribution in [3.8, 4) is 5.75 Å². The van der Waals surface area contributed by atoms with E-state index in [-0.39, 0.29) is 18.3 Å². The van der Waals surface area contributed by atoms with Gasteiger partial charge in [0.15, 0.2) is 5.76 Å². The second-order valence-corrected chi connectivity index (χ2v) is 7.83. The molecule has 6 nitrogen and oxygen atoms in total. The lowest BCUT2D eigenvalue weighted by Gasteiger charge is -2.14. The van der Waals surface area contributed by atoms with Crippen molar-refractivity contribution in [1.29, 1.82) is 0 Å². The number of aromatic nitrogens is 2. The normalized spacial score (nSPS) is 11.0. The van der Waals surface area contributed by atoms with Gasteiger partial charge < -0.3 is 14.1 Å². The Morgan fingerprint density at radius 1 is 1.17 bits per heavy atom. The third-order valence-electron chi connectivity index (χ3n) is 4.84. The molecule has 0 fully saturated rings. The number of amides is 1. The van der Waals surface area contributed by atoms with Crippen molar-refractivity contribution < 1.29 is 13.9 Å². The summed E-state index contributed by atoms with van der Waals surface area (Å²) in [6.07, 6.45) is 1.91. The van der Waals surface area contributed by atoms with E-state index in [1.54, 1.807) is 24.1 Å². The minimum Gasteiger partial charge on any atom is -0.485 e. The first-order chi connectivity index (χ1) is 14.5. The maximum Gasteiger partial charge on any atom is 0.289 e. The van der Waals surface area contributed by atoms with E-state index >= 15 is 0 Å². The van der Waals surface area contributed by atoms with E-state index in [4.69, 9.17) is 9.15 Å². The first-order valence-electron chi connectivity index (χ1n) is 9.71. The van der Waals surface area contributed by atoms with Gasteiger partial charge in [0.2, 0.25) is 0 Å². The third kappa shape index (κ3) is 4.26. The Morgan fingerprint density at radius 2 is 1.97 bits per heavy atom. The lowest BCUT2D eigenvalue weighted by Crippen LogP contribution is -2.26. The highest BCUT2D eigenvalue weighted by Crippen LogP contribution is 2.26. The van der Waals surface area contributed by atoms with Gasteiger partial charge in [-0.3, -0.25) is 9.48 Å². The molecule has 30 heavy (non-hydrogen) atoms. The molecule has 1 amide bonds. The van der Waals surface area contributed by atoms with Crippen LogP contribution in [0.15, 0.2) is 69.7 Å². The molecule has 0 spiro atoms. The van der Waals surface area contributed by atoms with E-state index < -0.39 is 0 Å². The van der Waals surface area contributed by atoms with E-state index in [9.17, 15) is 4.79 Å². The van der Waals surface area contributed by atoms with E-state index in [2.05, 4.69) is 21.0 Å². The zero-order chi connectivity index (χ0) is 21.1. The molecule has 0 radical (unpaired) electrons. The van der Waals surface area contributed by atoms with Crippen LogP contribution >= 0.6 is 15.9 Å². The van der Waals surface area contributed by atoms with Gasteiger partial charge in [0.05, 0.1) is 16.7 Å². The van der Waals surface area contributed by atoms with Crippen molar-refractivity contribution >= 4 is 32.6 Å². The predicted octanol–water partition coefficient (Wildman–Crippen LogP) is 5.26. The number of carbonyl (C=O) groups excluding carboxylic acids is 1. The van der Waals surface area contributed by atoms with Gasteiger partial charge in [0.1, 0.15) is 18.1 Å². The van der Waals surface area contributed by atoms with Crippen LogP contribution in [-0.4, -0.2) is 27.6 Å². The molecule has 2 aromatic carbocycles. The number of fused-ring (bicyclic) bond motifs is 1. The highest BCUT2D eigenvalue weighted by molar-refractivity contribution is 9.10. The van der Waals surface area contributed by atoms with Crippen LogP contribution in [0, 0.1) is 0 Å². The number of hydrogen-bond donors (Lipinski definition) is 0. The van der Waals surface area contributed by atoms with Gasteiger partial charge in [-0.1, -0.05) is 36.4 Å². The van der Waals surface area contributed by atoms with Crippen LogP contribution < -0.4 is 4.74 Å². The number of carbonyl (C=O) groups is 1. The summed E-state index contributed by atoms with van der Waals surface area (Å²) in [6, 6.07) is 17.4. The second-order valence-electron chi connectivity index (χ2n) is 6.97. The van der Waals surface area contributed by atoms with E-state index in [1.807, 2.05) is 60.3 Å². The van der Waals surface area contributed by atoms with Crippen LogP contribution in [0.5, 0.6) is 5.75 Å². The minimum atomic E-state index is -0.204. The fraction of sp³-hybridized carbons (Fsp3) is 0.217. The number of rotatable bonds is 7. The van der Waals surface area contributed by atoms with Gasteiger partial charge in [-0.15, -0.1) is 0 Å². The maximum atomic E-state index is 12.7. The highest BCUT2D eigenvalue weighted by atomic mass is 79.9. The van der Waals surface area contributed by atoms with Gasteiger partial charge in [-0.25, -0.2) is 0 Å². The van der Waals surface area contributed by atoms with Crippen molar-refractivity contribution in [2.75, 3.05) is 7.05 Å². The van der Waals surface area contributed by atoms with Crippen LogP contribution in [0.2, 0.25) is 0 Å². The molecule has 0 atom stereocenters. The Hall–Kier alpha value is -3.06. The molecule has 0 bridgehead atoms. The van der Waals surface area contributed by atoms with Gasteiger partial charge in [-0.2, -0.15) is 5.10 Å². The summed E-state index contributed by atoms with van der Waals surface area (Å²) in [7, 11) is 1.73. The van der Waals surface area contributed by atoms with Crippen molar-refractivity contribution in [1.82, 2.24) is 14.7 Å². The molecule has 0 unspecified atom stereocenters. The lowest BCUT2D eigenvalue weighted by molar-refractivity contribution is 0.0747. The quantitative estimate of drug-likeness (QED) is 0.371. The molecule has 154 valence electrons. The average Bonchev–Trinajstić information content (AvgIpc) is 3.38. The molecule has 7 heteroatoms. The van der Waals surface area contributed by atoms with E-state index in [0.717, 1.165) is 33.2 Å². The van der Waals surface area contributed by atoms with Gasteiger partial charge in [0, 0.05) is 25.2 Å². The number of nitrogens with zero attached hydrogens (tertiary/aromatic N) is 3. The summed E-state index contributed by atoms with van der Waals surface area (Å²) in [5.41, 5.74) is 0.804. The van der Waals surface area contributed by atoms with Crippen molar-refractivity contribution in [3.63, 3.8) is 0 Å². The molecule has 4 rings (SSSR count). The van der Waals surface area contributed by atoms with Gasteiger partial charge in [0.25, 0.3) is 5.91 Å². The maximum absolute atomic E-state index is 12.7. The topological polar surface area (TPSA) is 60.5 Å². The zero-order valence-electron chi connectivity index (χ0n) is 16.8. The monoisotopic (exact) mass is 467 g/mol. The molecule has 0 saturated carbocycles. The van der Waals surface area contributed by atoms with Crippen molar-refractivity contribution in [3.05, 3.63) is 82.5 Å². The smallest absolute Gasteiger partial charge is 0.289 e. The minimum absolute atomic E-state index is 0.204. The number of benzene rings is 2. The van der Waals surface area contributed by atoms with Crippen LogP contribution in [0.1, 0.15) is 28.9 Å². The number of halogens is 1. The Kier molecular flexibility index (Phi) is 5.90. The molecule has 0 saturated heterocycles. The first kappa shape index (κ1) is 20.2. The van der Waals surface area contributed by atoms with Gasteiger partial charge >= 0.3 is 0 Å². The number of ether oxygens (including phenoxy) is 1. The summed E-state index contributed by atoms with van der Waals surface area (Å²) in [5, 5.41) is 6.62. The highest BCUT2D eigenvalue weighted by Gasteiger charge is 2.19. The van der Waals surface area contributed by atoms with Gasteiger partial charge in [-0.05, 0) is 46.4 Å². The molecule has 4 aromatic rings. The first-order valence-corrected chi connectivity index (χ1v) is 10.5. The van der Waals surface area contributed by atoms with Crippen LogP contribution in [-0.2, 0) is 19.7 Å². The standard InChI is InChI=1S/C23H22BrN3O3/c1-3-27-13-19(24)20(25-27)14-26(2)23(28)22-12-11-17(30-22)15-29-21-10-6-8-16-7-4-5-9-18(16)21/h4-13H,3,14-15H2,1-2H3. The largest absolute Gasteiger partial charge is 0.485 e. The predicted molar refractivity (Wildman–Crippen MR) is 118 cm³/mol. The summed E-state index contributed by atoms with van der Waals surface area (Å²) in [5.74, 6) is 1.45. The van der Waals surface area contributed by atoms with Crippen molar-refractivity contribution in [2.45, 2.75) is 26.6 Å². The molecule has 0 N–H and O–H groups in total. The summed E-state index contributed by atoms with van der Waals surface area (Å²) < 4.78 is 14.4. The summed E-state index contributed by atoms with van der Waals surface area (Å²) >= 11 is 3.49. The Balaban J connectivity index is 1.41. The molecule has 0 aliphatic carbocycles. The van der Waals surface area contributed by atoms with Crippen LogP contribution in [0.25, 0.3) is 10.8 Å². The fourth-order valence-electron chi connectivity index (χ4n) is 3.23. The number of hydrogen-bond acceptors (Lipinski definition) is 4. The Bertz CT molecular complexity index is 1180. The molecule has 0 aliphatic rings. The Morgan fingerprint density at radius 3 is 2.77 bits per heavy atom. The zero-order valence-corrected chi connectivity index (χ0v) is 18.4. The summed E-state index contributed by atoms with van der Waals surface area (Å²) in [4.78, 5) is 14.3. The molecule has 2 aromatic heterocycles. The SMILES string of the molecule is CCn1cc(Br)c(CN(C)C(=O)c2ccc(COc3cccc4ccccc34)o2)n1. The lowest BCUT2D eigenvalue weighted by atomic mass is 10.1. The van der Waals surface area contributed by atoms with E-state index in [1.165, 1.54) is 0 Å². The summed E-state index contributed by atoms with van der Waals surface area (Å²) in [6.45, 7) is 3.42. The average molecular weight is 468 g/mol. The van der Waals surface area contributed by atoms with Crippen molar-refractivity contribution in [2.24, 2.45) is 0 Å².